The third kappa shape index (κ3) is 14.1. The van der Waals surface area contributed by atoms with Gasteiger partial charge in [-0.3, -0.25) is 0 Å². The maximum Gasteiger partial charge on any atom is 0.187 e. The number of hydrogen-bond donors (Lipinski definition) is 0. The van der Waals surface area contributed by atoms with Crippen LogP contribution in [-0.2, 0) is 21.7 Å². The van der Waals surface area contributed by atoms with E-state index in [1.165, 1.54) is 22.3 Å². The number of rotatable bonds is 13. The van der Waals surface area contributed by atoms with Crippen LogP contribution in [0.5, 0.6) is 0 Å². The third-order valence-electron chi connectivity index (χ3n) is 22.1. The molecule has 0 atom stereocenters. The first-order chi connectivity index (χ1) is 55.9. The van der Waals surface area contributed by atoms with E-state index in [2.05, 4.69) is 255 Å². The van der Waals surface area contributed by atoms with Gasteiger partial charge in [-0.15, -0.1) is 0 Å². The van der Waals surface area contributed by atoms with Gasteiger partial charge in [0, 0.05) is 77.2 Å². The van der Waals surface area contributed by atoms with Gasteiger partial charge in [0.15, 0.2) is 58.1 Å². The lowest BCUT2D eigenvalue weighted by molar-refractivity contribution is 0.568. The number of nitrogens with zero attached hydrogens (tertiary/aromatic N) is 12. The maximum atomic E-state index is 7.97. The first kappa shape index (κ1) is 73.5. The van der Waals surface area contributed by atoms with Gasteiger partial charge in [0.1, 0.15) is 0 Å². The van der Waals surface area contributed by atoms with Gasteiger partial charge in [-0.1, -0.05) is 289 Å². The number of benzene rings is 13. The molecular weight excluding hydrogens is 1420 g/mol. The molecule has 0 radical (unpaired) electrons. The lowest BCUT2D eigenvalue weighted by Gasteiger charge is -2.26. The minimum Gasteiger partial charge on any atom is -0.309 e. The molecule has 5 aromatic heterocycles. The predicted octanol–water partition coefficient (Wildman–Crippen LogP) is 26.5. The Morgan fingerprint density at radius 2 is 0.500 bits per heavy atom. The van der Waals surface area contributed by atoms with E-state index in [1.807, 2.05) is 146 Å². The molecule has 13 aromatic carbocycles. The van der Waals surface area contributed by atoms with Crippen molar-refractivity contribution in [2.45, 2.75) is 105 Å². The van der Waals surface area contributed by atoms with Gasteiger partial charge in [0.05, 0.1) is 40.0 Å². The second-order valence-electron chi connectivity index (χ2n) is 34.3. The van der Waals surface area contributed by atoms with Crippen molar-refractivity contribution in [3.63, 3.8) is 0 Å². The van der Waals surface area contributed by atoms with Crippen molar-refractivity contribution >= 4 is 49.3 Å². The summed E-state index contributed by atoms with van der Waals surface area (Å²) in [6.45, 7) is 35.3. The smallest absolute Gasteiger partial charge is 0.187 e. The summed E-state index contributed by atoms with van der Waals surface area (Å²) in [6.07, 6.45) is 0. The quantitative estimate of drug-likeness (QED) is 0.104. The second-order valence-corrected chi connectivity index (χ2v) is 34.3. The summed E-state index contributed by atoms with van der Waals surface area (Å²) < 4.78 is 4.77. The van der Waals surface area contributed by atoms with Gasteiger partial charge in [-0.25, -0.2) is 49.7 Å². The average molecular weight is 1500 g/mol. The van der Waals surface area contributed by atoms with Crippen LogP contribution in [0.15, 0.2) is 303 Å². The molecule has 0 aliphatic rings. The molecule has 0 spiro atoms. The zero-order chi connectivity index (χ0) is 79.9. The van der Waals surface area contributed by atoms with Gasteiger partial charge in [-0.05, 0) is 158 Å². The minimum atomic E-state index is -0.218. The monoisotopic (exact) mass is 1500 g/mol. The largest absolute Gasteiger partial charge is 0.309 e. The van der Waals surface area contributed by atoms with E-state index in [9.17, 15) is 0 Å². The van der Waals surface area contributed by atoms with Crippen LogP contribution < -0.4 is 0 Å². The topological polar surface area (TPSA) is 130 Å². The Kier molecular flexibility index (Phi) is 18.3. The number of fused-ring (bicyclic) bond motifs is 6. The van der Waals surface area contributed by atoms with Crippen molar-refractivity contribution in [1.29, 1.82) is 0 Å². The molecule has 18 rings (SSSR count). The highest BCUT2D eigenvalue weighted by molar-refractivity contribution is 6.12. The summed E-state index contributed by atoms with van der Waals surface area (Å²) in [6, 6.07) is 106. The Labute approximate surface area is 677 Å². The van der Waals surface area contributed by atoms with Crippen molar-refractivity contribution in [3.8, 4) is 136 Å². The SMILES string of the molecule is [C-]#[N+]c1ccc(-c2ccc(-n3c4ccccc4c4cc(-c5nc(-c6ccccc6)nc(-c6ccccc6)n5)ccc43)c(-c3ccc(-n4c5ccccc5c5cc(-c6nc(-c7ccccc7)nc(-c7ccccc7)n6)ccc54)c(-c4nc(-c5cc(C(C)(C)C)cc(C(C)(C)C)c5)nc(-c5cc(C(C)(C)C)cc(C(C)(C)C)c5)n4)c3)c2)cc1. The molecule has 0 aliphatic heterocycles. The van der Waals surface area contributed by atoms with E-state index in [0.717, 1.165) is 127 Å². The predicted molar refractivity (Wildman–Crippen MR) is 476 cm³/mol. The van der Waals surface area contributed by atoms with Crippen LogP contribution in [0.3, 0.4) is 0 Å². The van der Waals surface area contributed by atoms with Crippen LogP contribution in [0.4, 0.5) is 5.69 Å². The van der Waals surface area contributed by atoms with Gasteiger partial charge >= 0.3 is 0 Å². The summed E-state index contributed by atoms with van der Waals surface area (Å²) >= 11 is 0. The molecule has 116 heavy (non-hydrogen) atoms. The van der Waals surface area contributed by atoms with Crippen LogP contribution in [0.2, 0.25) is 0 Å². The molecule has 18 aromatic rings. The maximum absolute atomic E-state index is 7.97. The number of para-hydroxylation sites is 2. The molecule has 5 heterocycles. The molecule has 0 N–H and O–H groups in total. The van der Waals surface area contributed by atoms with Crippen molar-refractivity contribution in [2.75, 3.05) is 0 Å². The average Bonchev–Trinajstić information content (AvgIpc) is 1.47. The van der Waals surface area contributed by atoms with Crippen LogP contribution in [0.25, 0.3) is 185 Å². The Balaban J connectivity index is 0.917. The van der Waals surface area contributed by atoms with Crippen molar-refractivity contribution in [3.05, 3.63) is 337 Å². The molecule has 0 aliphatic carbocycles. The second kappa shape index (κ2) is 28.9. The molecule has 0 bridgehead atoms. The molecular formula is C104H86N12. The summed E-state index contributed by atoms with van der Waals surface area (Å²) in [4.78, 5) is 52.4. The Hall–Kier alpha value is -14.0. The fourth-order valence-electron chi connectivity index (χ4n) is 15.6. The first-order valence-corrected chi connectivity index (χ1v) is 39.6. The standard InChI is InChI=1S/C104H86N12/c1-101(2,3)75-54-73(55-76(62-75)102(4,5)6)98-112-99(74-56-77(103(7,8)9)63-78(57-74)104(10,11)12)114-100(113-98)85-59-70(45-51-91(85)116-87-41-29-27-39-81(87)84-61-72(47-53-90(84)116)97-110-94(67-34-22-16-23-35-67)107-95(111-97)68-36-24-17-25-37-68)82-58-69(64-42-48-79(105-13)49-43-64)44-50-88(82)115-86-40-28-26-38-80(86)83-60-71(46-52-89(83)115)96-108-92(65-30-18-14-19-31-65)106-93(109-96)66-32-20-15-21-33-66/h14-63H,1-12H3. The van der Waals surface area contributed by atoms with Crippen LogP contribution in [-0.4, -0.2) is 54.0 Å². The summed E-state index contributed by atoms with van der Waals surface area (Å²) in [5.74, 6) is 5.10. The van der Waals surface area contributed by atoms with E-state index in [4.69, 9.17) is 51.4 Å². The van der Waals surface area contributed by atoms with E-state index in [-0.39, 0.29) is 21.7 Å². The Morgan fingerprint density at radius 1 is 0.216 bits per heavy atom. The fourth-order valence-corrected chi connectivity index (χ4v) is 15.6. The lowest BCUT2D eigenvalue weighted by Crippen LogP contribution is -2.17. The van der Waals surface area contributed by atoms with Crippen LogP contribution in [0.1, 0.15) is 105 Å². The molecule has 562 valence electrons. The zero-order valence-corrected chi connectivity index (χ0v) is 67.2. The van der Waals surface area contributed by atoms with Crippen LogP contribution >= 0.6 is 0 Å². The highest BCUT2D eigenvalue weighted by atomic mass is 15.1. The normalized spacial score (nSPS) is 12.1. The number of hydrogen-bond acceptors (Lipinski definition) is 9. The molecule has 0 amide bonds. The van der Waals surface area contributed by atoms with E-state index in [1.54, 1.807) is 0 Å². The van der Waals surface area contributed by atoms with Gasteiger partial charge < -0.3 is 9.13 Å². The molecule has 0 saturated carbocycles. The minimum absolute atomic E-state index is 0.218. The lowest BCUT2D eigenvalue weighted by atomic mass is 9.79. The summed E-state index contributed by atoms with van der Waals surface area (Å²) in [5, 5.41) is 4.13. The van der Waals surface area contributed by atoms with E-state index < -0.39 is 0 Å². The van der Waals surface area contributed by atoms with Crippen LogP contribution in [0, 0.1) is 6.57 Å². The molecule has 0 saturated heterocycles. The Bertz CT molecular complexity index is 6630. The summed E-state index contributed by atoms with van der Waals surface area (Å²) in [5.41, 5.74) is 21.8. The highest BCUT2D eigenvalue weighted by Crippen LogP contribution is 2.46. The van der Waals surface area contributed by atoms with Gasteiger partial charge in [0.25, 0.3) is 0 Å². The molecule has 12 nitrogen and oxygen atoms in total. The fraction of sp³-hybridized carbons (Fsp3) is 0.154. The van der Waals surface area contributed by atoms with Gasteiger partial charge in [-0.2, -0.15) is 0 Å². The third-order valence-corrected chi connectivity index (χ3v) is 22.1. The Morgan fingerprint density at radius 3 is 0.862 bits per heavy atom. The number of aromatic nitrogens is 11. The van der Waals surface area contributed by atoms with E-state index in [0.29, 0.717) is 58.1 Å². The first-order valence-electron chi connectivity index (χ1n) is 39.6. The summed E-state index contributed by atoms with van der Waals surface area (Å²) in [7, 11) is 0. The van der Waals surface area contributed by atoms with Crippen molar-refractivity contribution in [2.24, 2.45) is 0 Å². The van der Waals surface area contributed by atoms with Crippen molar-refractivity contribution < 1.29 is 0 Å². The molecule has 12 heteroatoms. The van der Waals surface area contributed by atoms with Crippen molar-refractivity contribution in [1.82, 2.24) is 54.0 Å². The highest BCUT2D eigenvalue weighted by Gasteiger charge is 2.29. The van der Waals surface area contributed by atoms with E-state index >= 15 is 0 Å². The molecule has 0 fully saturated rings. The van der Waals surface area contributed by atoms with Gasteiger partial charge in [0.2, 0.25) is 0 Å². The molecule has 0 unspecified atom stereocenters. The zero-order valence-electron chi connectivity index (χ0n) is 67.2.